The first-order chi connectivity index (χ1) is 12.9. The SMILES string of the molecule is Cc1ccc(-c2cc(C(F)F)n3ncc(C(=O)NCCC(C)C)c3n2)cc1. The Morgan fingerprint density at radius 2 is 1.93 bits per heavy atom. The number of rotatable bonds is 6. The zero-order valence-electron chi connectivity index (χ0n) is 15.5. The minimum atomic E-state index is -2.74. The third-order valence-corrected chi connectivity index (χ3v) is 4.32. The maximum absolute atomic E-state index is 13.6. The van der Waals surface area contributed by atoms with E-state index in [0.29, 0.717) is 23.7 Å². The van der Waals surface area contributed by atoms with Crippen LogP contribution in [0.3, 0.4) is 0 Å². The Balaban J connectivity index is 2.04. The molecule has 0 fully saturated rings. The summed E-state index contributed by atoms with van der Waals surface area (Å²) in [7, 11) is 0. The Labute approximate surface area is 156 Å². The van der Waals surface area contributed by atoms with Gasteiger partial charge in [-0.15, -0.1) is 0 Å². The van der Waals surface area contributed by atoms with Gasteiger partial charge in [-0.05, 0) is 25.3 Å². The molecule has 0 saturated heterocycles. The number of fused-ring (bicyclic) bond motifs is 1. The minimum absolute atomic E-state index is 0.130. The molecule has 2 aromatic heterocycles. The van der Waals surface area contributed by atoms with Gasteiger partial charge in [-0.25, -0.2) is 18.3 Å². The molecule has 0 aliphatic rings. The minimum Gasteiger partial charge on any atom is -0.352 e. The average molecular weight is 372 g/mol. The lowest BCUT2D eigenvalue weighted by atomic mass is 10.1. The Kier molecular flexibility index (Phi) is 5.48. The summed E-state index contributed by atoms with van der Waals surface area (Å²) in [5.41, 5.74) is 2.17. The molecule has 0 spiro atoms. The number of benzene rings is 1. The van der Waals surface area contributed by atoms with E-state index in [1.807, 2.05) is 31.2 Å². The van der Waals surface area contributed by atoms with E-state index in [0.717, 1.165) is 16.5 Å². The van der Waals surface area contributed by atoms with Crippen LogP contribution in [0.4, 0.5) is 8.78 Å². The number of aromatic nitrogens is 3. The molecule has 0 saturated carbocycles. The number of carbonyl (C=O) groups is 1. The van der Waals surface area contributed by atoms with Gasteiger partial charge in [0.2, 0.25) is 0 Å². The van der Waals surface area contributed by atoms with Crippen LogP contribution in [0, 0.1) is 12.8 Å². The molecule has 1 aromatic carbocycles. The third kappa shape index (κ3) is 4.13. The van der Waals surface area contributed by atoms with E-state index in [9.17, 15) is 13.6 Å². The highest BCUT2D eigenvalue weighted by Crippen LogP contribution is 2.27. The van der Waals surface area contributed by atoms with Crippen molar-refractivity contribution in [2.24, 2.45) is 5.92 Å². The molecular weight excluding hydrogens is 350 g/mol. The summed E-state index contributed by atoms with van der Waals surface area (Å²) in [6.45, 7) is 6.58. The number of aryl methyl sites for hydroxylation is 1. The number of amides is 1. The Hall–Kier alpha value is -2.83. The van der Waals surface area contributed by atoms with Crippen LogP contribution in [0.2, 0.25) is 0 Å². The molecule has 0 bridgehead atoms. The van der Waals surface area contributed by atoms with E-state index in [-0.39, 0.29) is 22.8 Å². The highest BCUT2D eigenvalue weighted by molar-refractivity contribution is 5.99. The highest BCUT2D eigenvalue weighted by Gasteiger charge is 2.21. The predicted octanol–water partition coefficient (Wildman–Crippen LogP) is 4.42. The zero-order valence-corrected chi connectivity index (χ0v) is 15.5. The van der Waals surface area contributed by atoms with Gasteiger partial charge in [0.05, 0.1) is 11.9 Å². The number of halogens is 2. The monoisotopic (exact) mass is 372 g/mol. The molecule has 1 amide bonds. The first-order valence-electron chi connectivity index (χ1n) is 8.89. The first-order valence-corrected chi connectivity index (χ1v) is 8.89. The molecule has 0 aliphatic carbocycles. The standard InChI is InChI=1S/C20H22F2N4O/c1-12(2)8-9-23-20(27)15-11-24-26-17(18(21)22)10-16(25-19(15)26)14-6-4-13(3)5-7-14/h4-7,10-12,18H,8-9H2,1-3H3,(H,23,27). The van der Waals surface area contributed by atoms with Crippen molar-refractivity contribution in [3.8, 4) is 11.3 Å². The average Bonchev–Trinajstić information content (AvgIpc) is 3.05. The number of nitrogens with one attached hydrogen (secondary N) is 1. The second-order valence-corrected chi connectivity index (χ2v) is 6.97. The molecule has 1 N–H and O–H groups in total. The topological polar surface area (TPSA) is 59.3 Å². The van der Waals surface area contributed by atoms with Crippen molar-refractivity contribution in [2.45, 2.75) is 33.6 Å². The van der Waals surface area contributed by atoms with Gasteiger partial charge < -0.3 is 5.32 Å². The van der Waals surface area contributed by atoms with E-state index >= 15 is 0 Å². The number of hydrogen-bond donors (Lipinski definition) is 1. The van der Waals surface area contributed by atoms with Gasteiger partial charge in [-0.1, -0.05) is 43.7 Å². The number of hydrogen-bond acceptors (Lipinski definition) is 3. The van der Waals surface area contributed by atoms with Gasteiger partial charge in [0.25, 0.3) is 12.3 Å². The van der Waals surface area contributed by atoms with Crippen LogP contribution in [-0.2, 0) is 0 Å². The van der Waals surface area contributed by atoms with Gasteiger partial charge in [0, 0.05) is 12.1 Å². The number of nitrogens with zero attached hydrogens (tertiary/aromatic N) is 3. The lowest BCUT2D eigenvalue weighted by Crippen LogP contribution is -2.25. The molecule has 0 radical (unpaired) electrons. The molecular formula is C20H22F2N4O. The van der Waals surface area contributed by atoms with E-state index in [1.54, 1.807) is 0 Å². The smallest absolute Gasteiger partial charge is 0.280 e. The molecule has 0 atom stereocenters. The number of carbonyl (C=O) groups excluding carboxylic acids is 1. The lowest BCUT2D eigenvalue weighted by molar-refractivity contribution is 0.0953. The van der Waals surface area contributed by atoms with Gasteiger partial charge >= 0.3 is 0 Å². The normalized spacial score (nSPS) is 11.5. The van der Waals surface area contributed by atoms with Gasteiger partial charge in [-0.2, -0.15) is 5.10 Å². The van der Waals surface area contributed by atoms with Crippen molar-refractivity contribution >= 4 is 11.6 Å². The van der Waals surface area contributed by atoms with Crippen LogP contribution in [0.25, 0.3) is 16.9 Å². The van der Waals surface area contributed by atoms with Gasteiger partial charge in [-0.3, -0.25) is 4.79 Å². The lowest BCUT2D eigenvalue weighted by Gasteiger charge is -2.09. The van der Waals surface area contributed by atoms with Crippen LogP contribution in [0.1, 0.15) is 48.3 Å². The first kappa shape index (κ1) is 18.9. The van der Waals surface area contributed by atoms with Crippen molar-refractivity contribution in [1.82, 2.24) is 19.9 Å². The summed E-state index contributed by atoms with van der Waals surface area (Å²) in [6, 6.07) is 8.73. The van der Waals surface area contributed by atoms with Crippen LogP contribution in [0.5, 0.6) is 0 Å². The highest BCUT2D eigenvalue weighted by atomic mass is 19.3. The fourth-order valence-corrected chi connectivity index (χ4v) is 2.74. The molecule has 27 heavy (non-hydrogen) atoms. The maximum Gasteiger partial charge on any atom is 0.280 e. The largest absolute Gasteiger partial charge is 0.352 e. The Morgan fingerprint density at radius 1 is 1.22 bits per heavy atom. The van der Waals surface area contributed by atoms with Crippen molar-refractivity contribution in [1.29, 1.82) is 0 Å². The molecule has 5 nitrogen and oxygen atoms in total. The molecule has 2 heterocycles. The number of alkyl halides is 2. The summed E-state index contributed by atoms with van der Waals surface area (Å²) in [4.78, 5) is 16.9. The fraction of sp³-hybridized carbons (Fsp3) is 0.350. The molecule has 0 unspecified atom stereocenters. The van der Waals surface area contributed by atoms with E-state index in [4.69, 9.17) is 0 Å². The Bertz CT molecular complexity index is 949. The summed E-state index contributed by atoms with van der Waals surface area (Å²) in [5.74, 6) is 0.0883. The summed E-state index contributed by atoms with van der Waals surface area (Å²) in [5, 5.41) is 6.77. The molecule has 3 aromatic rings. The van der Waals surface area contributed by atoms with E-state index < -0.39 is 6.43 Å². The van der Waals surface area contributed by atoms with Crippen LogP contribution in [-0.4, -0.2) is 27.0 Å². The van der Waals surface area contributed by atoms with Crippen molar-refractivity contribution in [3.05, 3.63) is 53.3 Å². The van der Waals surface area contributed by atoms with Crippen molar-refractivity contribution in [2.75, 3.05) is 6.54 Å². The predicted molar refractivity (Wildman–Crippen MR) is 99.9 cm³/mol. The van der Waals surface area contributed by atoms with Gasteiger partial charge in [0.15, 0.2) is 5.65 Å². The second kappa shape index (κ2) is 7.82. The van der Waals surface area contributed by atoms with Crippen LogP contribution in [0.15, 0.2) is 36.5 Å². The zero-order chi connectivity index (χ0) is 19.6. The second-order valence-electron chi connectivity index (χ2n) is 6.97. The van der Waals surface area contributed by atoms with E-state index in [2.05, 4.69) is 29.2 Å². The fourth-order valence-electron chi connectivity index (χ4n) is 2.74. The summed E-state index contributed by atoms with van der Waals surface area (Å²) >= 11 is 0. The molecule has 3 rings (SSSR count). The quantitative estimate of drug-likeness (QED) is 0.697. The van der Waals surface area contributed by atoms with Crippen molar-refractivity contribution < 1.29 is 13.6 Å². The third-order valence-electron chi connectivity index (χ3n) is 4.32. The van der Waals surface area contributed by atoms with Gasteiger partial charge in [0.1, 0.15) is 11.3 Å². The van der Waals surface area contributed by atoms with Crippen LogP contribution < -0.4 is 5.32 Å². The van der Waals surface area contributed by atoms with Crippen LogP contribution >= 0.6 is 0 Å². The molecule has 142 valence electrons. The molecule has 0 aliphatic heterocycles. The maximum atomic E-state index is 13.6. The molecule has 7 heteroatoms. The van der Waals surface area contributed by atoms with E-state index in [1.165, 1.54) is 12.3 Å². The summed E-state index contributed by atoms with van der Waals surface area (Å²) < 4.78 is 28.2. The Morgan fingerprint density at radius 3 is 2.56 bits per heavy atom. The van der Waals surface area contributed by atoms with Crippen molar-refractivity contribution in [3.63, 3.8) is 0 Å². The summed E-state index contributed by atoms with van der Waals surface area (Å²) in [6.07, 6.45) is -0.621.